The SMILES string of the molecule is O=C(CSc1ncnc2scc(-c3ccccc3)c12)N[C@@H]1CCS(=O)(=O)C1. The van der Waals surface area contributed by atoms with Crippen molar-refractivity contribution < 1.29 is 13.2 Å². The van der Waals surface area contributed by atoms with Crippen molar-refractivity contribution in [2.45, 2.75) is 17.5 Å². The van der Waals surface area contributed by atoms with Crippen molar-refractivity contribution in [2.75, 3.05) is 17.3 Å². The Labute approximate surface area is 165 Å². The first-order valence-electron chi connectivity index (χ1n) is 8.42. The number of nitrogens with zero attached hydrogens (tertiary/aromatic N) is 2. The second-order valence-corrected chi connectivity index (χ2v) is 10.4. The second-order valence-electron chi connectivity index (χ2n) is 6.33. The summed E-state index contributed by atoms with van der Waals surface area (Å²) in [6, 6.07) is 9.73. The van der Waals surface area contributed by atoms with Gasteiger partial charge in [-0.1, -0.05) is 42.1 Å². The highest BCUT2D eigenvalue weighted by molar-refractivity contribution is 8.00. The van der Waals surface area contributed by atoms with Gasteiger partial charge >= 0.3 is 0 Å². The standard InChI is InChI=1S/C18H17N3O3S3/c22-15(21-13-6-7-27(23,24)10-13)9-26-18-16-14(12-4-2-1-3-5-12)8-25-17(16)19-11-20-18/h1-5,8,11,13H,6-7,9-10H2,(H,21,22)/t13-/m1/s1. The summed E-state index contributed by atoms with van der Waals surface area (Å²) in [6.45, 7) is 0. The Morgan fingerprint density at radius 1 is 1.26 bits per heavy atom. The van der Waals surface area contributed by atoms with Crippen molar-refractivity contribution in [3.63, 3.8) is 0 Å². The molecule has 27 heavy (non-hydrogen) atoms. The number of carbonyl (C=O) groups is 1. The number of carbonyl (C=O) groups excluding carboxylic acids is 1. The average Bonchev–Trinajstić information content (AvgIpc) is 3.24. The average molecular weight is 420 g/mol. The van der Waals surface area contributed by atoms with Crippen molar-refractivity contribution in [1.82, 2.24) is 15.3 Å². The number of nitrogens with one attached hydrogen (secondary N) is 1. The Kier molecular flexibility index (Phi) is 5.16. The van der Waals surface area contributed by atoms with Crippen LogP contribution in [-0.2, 0) is 14.6 Å². The number of thiophene rings is 1. The molecule has 1 amide bonds. The monoisotopic (exact) mass is 419 g/mol. The molecule has 0 spiro atoms. The fraction of sp³-hybridized carbons (Fsp3) is 0.278. The number of aromatic nitrogens is 2. The summed E-state index contributed by atoms with van der Waals surface area (Å²) in [6.07, 6.45) is 2.00. The van der Waals surface area contributed by atoms with E-state index in [1.54, 1.807) is 11.3 Å². The molecule has 0 aliphatic carbocycles. The lowest BCUT2D eigenvalue weighted by Crippen LogP contribution is -2.36. The van der Waals surface area contributed by atoms with E-state index in [2.05, 4.69) is 20.7 Å². The molecule has 1 aliphatic heterocycles. The van der Waals surface area contributed by atoms with E-state index in [0.29, 0.717) is 6.42 Å². The van der Waals surface area contributed by atoms with Crippen LogP contribution >= 0.6 is 23.1 Å². The van der Waals surface area contributed by atoms with Gasteiger partial charge in [0.2, 0.25) is 5.91 Å². The molecule has 4 rings (SSSR count). The van der Waals surface area contributed by atoms with E-state index in [4.69, 9.17) is 0 Å². The molecular formula is C18H17N3O3S3. The third-order valence-electron chi connectivity index (χ3n) is 4.36. The maximum Gasteiger partial charge on any atom is 0.230 e. The Bertz CT molecular complexity index is 1080. The van der Waals surface area contributed by atoms with Gasteiger partial charge in [0.05, 0.1) is 22.6 Å². The van der Waals surface area contributed by atoms with Crippen LogP contribution in [-0.4, -0.2) is 47.6 Å². The number of benzene rings is 1. The highest BCUT2D eigenvalue weighted by Crippen LogP contribution is 2.37. The van der Waals surface area contributed by atoms with Gasteiger partial charge in [0.25, 0.3) is 0 Å². The lowest BCUT2D eigenvalue weighted by Gasteiger charge is -2.10. The summed E-state index contributed by atoms with van der Waals surface area (Å²) in [5, 5.41) is 6.58. The smallest absolute Gasteiger partial charge is 0.230 e. The van der Waals surface area contributed by atoms with Crippen LogP contribution in [0.3, 0.4) is 0 Å². The summed E-state index contributed by atoms with van der Waals surface area (Å²) in [4.78, 5) is 21.8. The molecule has 9 heteroatoms. The largest absolute Gasteiger partial charge is 0.352 e. The zero-order valence-corrected chi connectivity index (χ0v) is 16.7. The van der Waals surface area contributed by atoms with Crippen LogP contribution in [0.4, 0.5) is 0 Å². The van der Waals surface area contributed by atoms with E-state index in [0.717, 1.165) is 26.4 Å². The highest BCUT2D eigenvalue weighted by atomic mass is 32.2. The maximum atomic E-state index is 12.2. The van der Waals surface area contributed by atoms with Crippen LogP contribution in [0.1, 0.15) is 6.42 Å². The lowest BCUT2D eigenvalue weighted by atomic mass is 10.1. The number of sulfone groups is 1. The molecule has 1 N–H and O–H groups in total. The Balaban J connectivity index is 1.51. The fourth-order valence-electron chi connectivity index (χ4n) is 3.10. The van der Waals surface area contributed by atoms with Gasteiger partial charge in [0.15, 0.2) is 9.84 Å². The molecule has 3 aromatic rings. The maximum absolute atomic E-state index is 12.2. The number of hydrogen-bond donors (Lipinski definition) is 1. The van der Waals surface area contributed by atoms with Gasteiger partial charge in [0.1, 0.15) is 16.2 Å². The van der Waals surface area contributed by atoms with E-state index < -0.39 is 9.84 Å². The molecule has 140 valence electrons. The van der Waals surface area contributed by atoms with Crippen molar-refractivity contribution in [3.05, 3.63) is 42.0 Å². The van der Waals surface area contributed by atoms with Crippen molar-refractivity contribution >= 4 is 49.1 Å². The van der Waals surface area contributed by atoms with Crippen molar-refractivity contribution in [2.24, 2.45) is 0 Å². The minimum Gasteiger partial charge on any atom is -0.352 e. The van der Waals surface area contributed by atoms with E-state index in [1.165, 1.54) is 18.1 Å². The minimum absolute atomic E-state index is 0.0316. The molecule has 1 aliphatic rings. The first kappa shape index (κ1) is 18.4. The molecule has 0 radical (unpaired) electrons. The first-order chi connectivity index (χ1) is 13.0. The fourth-order valence-corrected chi connectivity index (χ4v) is 6.58. The molecule has 3 heterocycles. The van der Waals surface area contributed by atoms with Crippen LogP contribution in [0.15, 0.2) is 47.1 Å². The molecule has 0 bridgehead atoms. The molecule has 6 nitrogen and oxygen atoms in total. The van der Waals surface area contributed by atoms with Crippen molar-refractivity contribution in [3.8, 4) is 11.1 Å². The molecule has 1 fully saturated rings. The normalized spacial score (nSPS) is 18.6. The minimum atomic E-state index is -3.01. The summed E-state index contributed by atoms with van der Waals surface area (Å²) in [7, 11) is -3.01. The van der Waals surface area contributed by atoms with Gasteiger partial charge in [-0.05, 0) is 12.0 Å². The molecule has 1 aromatic carbocycles. The highest BCUT2D eigenvalue weighted by Gasteiger charge is 2.28. The Hall–Kier alpha value is -1.97. The third-order valence-corrected chi connectivity index (χ3v) is 8.00. The van der Waals surface area contributed by atoms with Gasteiger partial charge in [-0.15, -0.1) is 11.3 Å². The van der Waals surface area contributed by atoms with Crippen LogP contribution in [0.25, 0.3) is 21.3 Å². The molecule has 2 aromatic heterocycles. The van der Waals surface area contributed by atoms with E-state index >= 15 is 0 Å². The van der Waals surface area contributed by atoms with Gasteiger partial charge in [0, 0.05) is 17.0 Å². The summed E-state index contributed by atoms with van der Waals surface area (Å²) >= 11 is 2.90. The molecule has 0 unspecified atom stereocenters. The van der Waals surface area contributed by atoms with Crippen molar-refractivity contribution in [1.29, 1.82) is 0 Å². The number of amides is 1. The molecule has 1 saturated heterocycles. The van der Waals surface area contributed by atoms with Gasteiger partial charge in [-0.25, -0.2) is 18.4 Å². The predicted molar refractivity (Wildman–Crippen MR) is 109 cm³/mol. The first-order valence-corrected chi connectivity index (χ1v) is 12.1. The number of thioether (sulfide) groups is 1. The zero-order chi connectivity index (χ0) is 18.9. The number of hydrogen-bond acceptors (Lipinski definition) is 7. The Morgan fingerprint density at radius 2 is 2.07 bits per heavy atom. The molecule has 0 saturated carbocycles. The topological polar surface area (TPSA) is 89.0 Å². The van der Waals surface area contributed by atoms with E-state index in [-0.39, 0.29) is 29.2 Å². The van der Waals surface area contributed by atoms with Gasteiger partial charge in [-0.3, -0.25) is 4.79 Å². The quantitative estimate of drug-likeness (QED) is 0.505. The Morgan fingerprint density at radius 3 is 2.81 bits per heavy atom. The summed E-state index contributed by atoms with van der Waals surface area (Å²) in [5.74, 6) is 0.189. The van der Waals surface area contributed by atoms with Crippen LogP contribution in [0.5, 0.6) is 0 Å². The van der Waals surface area contributed by atoms with Crippen LogP contribution < -0.4 is 5.32 Å². The summed E-state index contributed by atoms with van der Waals surface area (Å²) < 4.78 is 23.0. The van der Waals surface area contributed by atoms with E-state index in [1.807, 2.05) is 30.3 Å². The zero-order valence-electron chi connectivity index (χ0n) is 14.3. The molecular weight excluding hydrogens is 402 g/mol. The van der Waals surface area contributed by atoms with Gasteiger partial charge in [-0.2, -0.15) is 0 Å². The number of rotatable bonds is 5. The molecule has 1 atom stereocenters. The van der Waals surface area contributed by atoms with E-state index in [9.17, 15) is 13.2 Å². The van der Waals surface area contributed by atoms with Crippen LogP contribution in [0.2, 0.25) is 0 Å². The van der Waals surface area contributed by atoms with Crippen LogP contribution in [0, 0.1) is 0 Å². The summed E-state index contributed by atoms with van der Waals surface area (Å²) in [5.41, 5.74) is 2.14. The second kappa shape index (κ2) is 7.57. The number of fused-ring (bicyclic) bond motifs is 1. The third kappa shape index (κ3) is 4.15. The van der Waals surface area contributed by atoms with Gasteiger partial charge < -0.3 is 5.32 Å². The lowest BCUT2D eigenvalue weighted by molar-refractivity contribution is -0.119. The predicted octanol–water partition coefficient (Wildman–Crippen LogP) is 2.75.